The molecule has 1 aliphatic rings. The fraction of sp³-hybridized carbons (Fsp3) is 0.889. The molecule has 2 N–H and O–H groups in total. The van der Waals surface area contributed by atoms with Crippen LogP contribution < -0.4 is 0 Å². The highest BCUT2D eigenvalue weighted by Gasteiger charge is 2.45. The number of aliphatic hydroxyl groups is 2. The van der Waals surface area contributed by atoms with E-state index in [1.807, 2.05) is 6.92 Å². The van der Waals surface area contributed by atoms with Crippen molar-refractivity contribution in [3.05, 3.63) is 0 Å². The van der Waals surface area contributed by atoms with Crippen molar-refractivity contribution in [1.82, 2.24) is 0 Å². The minimum absolute atomic E-state index is 0.197. The lowest BCUT2D eigenvalue weighted by atomic mass is 9.97. The van der Waals surface area contributed by atoms with Crippen LogP contribution in [0.3, 0.4) is 0 Å². The summed E-state index contributed by atoms with van der Waals surface area (Å²) >= 11 is 0. The second-order valence-electron chi connectivity index (χ2n) is 3.36. The van der Waals surface area contributed by atoms with E-state index in [1.165, 1.54) is 7.11 Å². The summed E-state index contributed by atoms with van der Waals surface area (Å²) in [4.78, 5) is 10.2. The van der Waals surface area contributed by atoms with Crippen molar-refractivity contribution in [2.45, 2.75) is 44.1 Å². The second-order valence-corrected chi connectivity index (χ2v) is 3.36. The molecule has 0 amide bonds. The van der Waals surface area contributed by atoms with Gasteiger partial charge in [-0.2, -0.15) is 0 Å². The molecule has 0 radical (unpaired) electrons. The van der Waals surface area contributed by atoms with Gasteiger partial charge in [-0.1, -0.05) is 6.92 Å². The van der Waals surface area contributed by atoms with Crippen molar-refractivity contribution >= 4 is 6.47 Å². The predicted octanol–water partition coefficient (Wildman–Crippen LogP) is -0.969. The summed E-state index contributed by atoms with van der Waals surface area (Å²) in [6.07, 6.45) is -4.10. The molecule has 1 fully saturated rings. The average Bonchev–Trinajstić information content (AvgIpc) is 2.25. The van der Waals surface area contributed by atoms with Gasteiger partial charge in [-0.25, -0.2) is 0 Å². The summed E-state index contributed by atoms with van der Waals surface area (Å²) in [5.74, 6) is 0. The average molecular weight is 220 g/mol. The van der Waals surface area contributed by atoms with E-state index in [9.17, 15) is 15.0 Å². The molecule has 5 unspecified atom stereocenters. The van der Waals surface area contributed by atoms with Gasteiger partial charge in [-0.3, -0.25) is 4.79 Å². The van der Waals surface area contributed by atoms with Gasteiger partial charge in [-0.05, 0) is 6.42 Å². The highest BCUT2D eigenvalue weighted by Crippen LogP contribution is 2.25. The van der Waals surface area contributed by atoms with E-state index in [-0.39, 0.29) is 6.47 Å². The van der Waals surface area contributed by atoms with Crippen LogP contribution in [0.2, 0.25) is 0 Å². The third kappa shape index (κ3) is 2.46. The minimum Gasteiger partial charge on any atom is -0.456 e. The molecule has 5 atom stereocenters. The topological polar surface area (TPSA) is 85.2 Å². The lowest BCUT2D eigenvalue weighted by Gasteiger charge is -2.40. The third-order valence-electron chi connectivity index (χ3n) is 2.49. The van der Waals surface area contributed by atoms with Crippen LogP contribution in [0.25, 0.3) is 0 Å². The first-order chi connectivity index (χ1) is 7.15. The number of hydrogen-bond donors (Lipinski definition) is 2. The minimum atomic E-state index is -1.20. The predicted molar refractivity (Wildman–Crippen MR) is 48.9 cm³/mol. The maximum absolute atomic E-state index is 10.2. The Morgan fingerprint density at radius 2 is 2.07 bits per heavy atom. The standard InChI is InChI=1S/C9H16O6/c1-3-5-6(11)7(12)8(14-4-10)9(13-2)15-5/h4-9,11-12H,3H2,1-2H3. The van der Waals surface area contributed by atoms with E-state index >= 15 is 0 Å². The lowest BCUT2D eigenvalue weighted by Crippen LogP contribution is -2.58. The number of carbonyl (C=O) groups excluding carboxylic acids is 1. The summed E-state index contributed by atoms with van der Waals surface area (Å²) in [6.45, 7) is 2.01. The molecule has 1 aliphatic heterocycles. The number of methoxy groups -OCH3 is 1. The number of aliphatic hydroxyl groups excluding tert-OH is 2. The number of hydrogen-bond acceptors (Lipinski definition) is 6. The fourth-order valence-corrected chi connectivity index (χ4v) is 1.64. The molecular formula is C9H16O6. The molecule has 15 heavy (non-hydrogen) atoms. The lowest BCUT2D eigenvalue weighted by molar-refractivity contribution is -0.291. The highest BCUT2D eigenvalue weighted by molar-refractivity contribution is 5.37. The first kappa shape index (κ1) is 12.4. The Balaban J connectivity index is 2.74. The van der Waals surface area contributed by atoms with Crippen LogP contribution in [0.4, 0.5) is 0 Å². The SMILES string of the molecule is CCC1OC(OC)C(OC=O)C(O)C1O. The number of carbonyl (C=O) groups is 1. The molecule has 0 saturated carbocycles. The zero-order valence-corrected chi connectivity index (χ0v) is 8.70. The maximum Gasteiger partial charge on any atom is 0.293 e. The van der Waals surface area contributed by atoms with Gasteiger partial charge in [0.25, 0.3) is 6.47 Å². The number of rotatable bonds is 4. The molecule has 0 aromatic heterocycles. The van der Waals surface area contributed by atoms with Gasteiger partial charge in [-0.15, -0.1) is 0 Å². The second kappa shape index (κ2) is 5.41. The van der Waals surface area contributed by atoms with Crippen LogP contribution in [-0.2, 0) is 19.0 Å². The van der Waals surface area contributed by atoms with E-state index in [0.29, 0.717) is 6.42 Å². The van der Waals surface area contributed by atoms with Crippen LogP contribution in [0, 0.1) is 0 Å². The summed E-state index contributed by atoms with van der Waals surface area (Å²) < 4.78 is 14.9. The Labute approximate surface area is 87.7 Å². The highest BCUT2D eigenvalue weighted by atomic mass is 16.7. The zero-order chi connectivity index (χ0) is 11.4. The molecule has 0 bridgehead atoms. The summed E-state index contributed by atoms with van der Waals surface area (Å²) in [6, 6.07) is 0. The van der Waals surface area contributed by atoms with Crippen LogP contribution >= 0.6 is 0 Å². The first-order valence-corrected chi connectivity index (χ1v) is 4.79. The molecule has 1 heterocycles. The molecule has 6 nitrogen and oxygen atoms in total. The molecule has 88 valence electrons. The van der Waals surface area contributed by atoms with E-state index in [2.05, 4.69) is 4.74 Å². The van der Waals surface area contributed by atoms with Gasteiger partial charge in [0.05, 0.1) is 6.10 Å². The Morgan fingerprint density at radius 1 is 1.40 bits per heavy atom. The van der Waals surface area contributed by atoms with E-state index < -0.39 is 30.7 Å². The van der Waals surface area contributed by atoms with E-state index in [1.54, 1.807) is 0 Å². The van der Waals surface area contributed by atoms with Crippen molar-refractivity contribution in [1.29, 1.82) is 0 Å². The molecule has 6 heteroatoms. The van der Waals surface area contributed by atoms with Gasteiger partial charge in [0.15, 0.2) is 12.4 Å². The fourth-order valence-electron chi connectivity index (χ4n) is 1.64. The Hall–Kier alpha value is -0.690. The molecule has 1 saturated heterocycles. The van der Waals surface area contributed by atoms with Crippen molar-refractivity contribution < 1.29 is 29.2 Å². The molecule has 0 aliphatic carbocycles. The summed E-state index contributed by atoms with van der Waals surface area (Å²) in [5.41, 5.74) is 0. The molecule has 0 aromatic carbocycles. The first-order valence-electron chi connectivity index (χ1n) is 4.79. The molecule has 0 aromatic rings. The van der Waals surface area contributed by atoms with Gasteiger partial charge in [0.2, 0.25) is 0 Å². The van der Waals surface area contributed by atoms with E-state index in [0.717, 1.165) is 0 Å². The van der Waals surface area contributed by atoms with Gasteiger partial charge >= 0.3 is 0 Å². The normalized spacial score (nSPS) is 41.2. The maximum atomic E-state index is 10.2. The Bertz CT molecular complexity index is 207. The Kier molecular flexibility index (Phi) is 4.46. The van der Waals surface area contributed by atoms with Crippen LogP contribution in [0.15, 0.2) is 0 Å². The number of ether oxygens (including phenoxy) is 3. The molecule has 0 spiro atoms. The monoisotopic (exact) mass is 220 g/mol. The van der Waals surface area contributed by atoms with Crippen molar-refractivity contribution in [3.8, 4) is 0 Å². The van der Waals surface area contributed by atoms with Crippen LogP contribution in [0.5, 0.6) is 0 Å². The zero-order valence-electron chi connectivity index (χ0n) is 8.70. The van der Waals surface area contributed by atoms with Gasteiger partial charge in [0.1, 0.15) is 12.2 Å². The molecule has 1 rings (SSSR count). The van der Waals surface area contributed by atoms with Crippen LogP contribution in [0.1, 0.15) is 13.3 Å². The van der Waals surface area contributed by atoms with Crippen molar-refractivity contribution in [2.24, 2.45) is 0 Å². The van der Waals surface area contributed by atoms with Crippen molar-refractivity contribution in [2.75, 3.05) is 7.11 Å². The van der Waals surface area contributed by atoms with Gasteiger partial charge < -0.3 is 24.4 Å². The van der Waals surface area contributed by atoms with Crippen molar-refractivity contribution in [3.63, 3.8) is 0 Å². The summed E-state index contributed by atoms with van der Waals surface area (Å²) in [7, 11) is 1.38. The smallest absolute Gasteiger partial charge is 0.293 e. The van der Waals surface area contributed by atoms with E-state index in [4.69, 9.17) is 9.47 Å². The Morgan fingerprint density at radius 3 is 2.53 bits per heavy atom. The third-order valence-corrected chi connectivity index (χ3v) is 2.49. The van der Waals surface area contributed by atoms with Gasteiger partial charge in [0, 0.05) is 7.11 Å². The quantitative estimate of drug-likeness (QED) is 0.593. The summed E-state index contributed by atoms with van der Waals surface area (Å²) in [5, 5.41) is 19.3. The molecular weight excluding hydrogens is 204 g/mol. The van der Waals surface area contributed by atoms with Crippen LogP contribution in [-0.4, -0.2) is 54.5 Å². The largest absolute Gasteiger partial charge is 0.456 e.